The third-order valence-electron chi connectivity index (χ3n) is 4.80. The van der Waals surface area contributed by atoms with Gasteiger partial charge in [0.05, 0.1) is 16.7 Å². The van der Waals surface area contributed by atoms with E-state index < -0.39 is 0 Å². The van der Waals surface area contributed by atoms with Crippen LogP contribution in [0, 0.1) is 6.92 Å². The number of aromatic nitrogens is 2. The van der Waals surface area contributed by atoms with E-state index in [0.29, 0.717) is 0 Å². The maximum absolute atomic E-state index is 4.83. The van der Waals surface area contributed by atoms with Crippen molar-refractivity contribution in [3.8, 4) is 11.3 Å². The Balaban J connectivity index is 2.01. The minimum absolute atomic E-state index is 1.03. The molecule has 5 aromatic rings. The molecule has 2 nitrogen and oxygen atoms in total. The molecule has 2 heteroatoms. The van der Waals surface area contributed by atoms with E-state index in [4.69, 9.17) is 4.98 Å². The maximum Gasteiger partial charge on any atom is 0.0716 e. The van der Waals surface area contributed by atoms with Crippen LogP contribution in [0.1, 0.15) is 5.56 Å². The van der Waals surface area contributed by atoms with E-state index >= 15 is 0 Å². The number of nitrogens with one attached hydrogen (secondary N) is 1. The highest BCUT2D eigenvalue weighted by molar-refractivity contribution is 6.11. The average molecular weight is 308 g/mol. The largest absolute Gasteiger partial charge is 0.354 e. The lowest BCUT2D eigenvalue weighted by Gasteiger charge is -2.10. The van der Waals surface area contributed by atoms with Crippen LogP contribution in [0.4, 0.5) is 0 Å². The van der Waals surface area contributed by atoms with E-state index in [9.17, 15) is 0 Å². The molecule has 5 rings (SSSR count). The molecule has 0 radical (unpaired) electrons. The van der Waals surface area contributed by atoms with Crippen molar-refractivity contribution in [1.29, 1.82) is 0 Å². The number of hydrogen-bond acceptors (Lipinski definition) is 1. The molecular formula is C22H16N2. The number of H-pyrrole nitrogens is 1. The van der Waals surface area contributed by atoms with E-state index in [-0.39, 0.29) is 0 Å². The molecule has 0 fully saturated rings. The number of fused-ring (bicyclic) bond motifs is 3. The SMILES string of the molecule is Cc1c(-c2c3ccccc3nc3ccccc23)[nH]c2ccccc12. The maximum atomic E-state index is 4.83. The van der Waals surface area contributed by atoms with Gasteiger partial charge in [-0.05, 0) is 30.7 Å². The van der Waals surface area contributed by atoms with Gasteiger partial charge < -0.3 is 4.98 Å². The molecule has 2 aromatic heterocycles. The predicted molar refractivity (Wildman–Crippen MR) is 101 cm³/mol. The lowest BCUT2D eigenvalue weighted by molar-refractivity contribution is 1.41. The van der Waals surface area contributed by atoms with Crippen molar-refractivity contribution in [2.24, 2.45) is 0 Å². The lowest BCUT2D eigenvalue weighted by atomic mass is 9.97. The van der Waals surface area contributed by atoms with E-state index in [1.54, 1.807) is 0 Å². The molecular weight excluding hydrogens is 292 g/mol. The summed E-state index contributed by atoms with van der Waals surface area (Å²) in [7, 11) is 0. The smallest absolute Gasteiger partial charge is 0.0716 e. The Bertz CT molecular complexity index is 1160. The van der Waals surface area contributed by atoms with Crippen LogP contribution >= 0.6 is 0 Å². The number of para-hydroxylation sites is 3. The van der Waals surface area contributed by atoms with Crippen LogP contribution in [-0.4, -0.2) is 9.97 Å². The van der Waals surface area contributed by atoms with E-state index in [0.717, 1.165) is 11.0 Å². The van der Waals surface area contributed by atoms with Gasteiger partial charge in [-0.2, -0.15) is 0 Å². The summed E-state index contributed by atoms with van der Waals surface area (Å²) < 4.78 is 0. The fourth-order valence-electron chi connectivity index (χ4n) is 3.64. The number of nitrogens with zero attached hydrogens (tertiary/aromatic N) is 1. The summed E-state index contributed by atoms with van der Waals surface area (Å²) in [4.78, 5) is 8.47. The summed E-state index contributed by atoms with van der Waals surface area (Å²) in [5.41, 5.74) is 6.95. The van der Waals surface area contributed by atoms with Gasteiger partial charge in [0.2, 0.25) is 0 Å². The predicted octanol–water partition coefficient (Wildman–Crippen LogP) is 5.84. The highest BCUT2D eigenvalue weighted by atomic mass is 14.7. The molecule has 0 saturated heterocycles. The van der Waals surface area contributed by atoms with Crippen LogP contribution < -0.4 is 0 Å². The van der Waals surface area contributed by atoms with Gasteiger partial charge in [0, 0.05) is 27.2 Å². The van der Waals surface area contributed by atoms with Crippen molar-refractivity contribution in [1.82, 2.24) is 9.97 Å². The molecule has 0 unspecified atom stereocenters. The Morgan fingerprint density at radius 3 is 1.83 bits per heavy atom. The number of benzene rings is 3. The number of aromatic amines is 1. The van der Waals surface area contributed by atoms with Crippen molar-refractivity contribution < 1.29 is 0 Å². The second-order valence-electron chi connectivity index (χ2n) is 6.19. The van der Waals surface area contributed by atoms with E-state index in [1.165, 1.54) is 38.5 Å². The molecule has 0 aliphatic rings. The first-order valence-electron chi connectivity index (χ1n) is 8.18. The Morgan fingerprint density at radius 1 is 0.667 bits per heavy atom. The topological polar surface area (TPSA) is 28.7 Å². The zero-order chi connectivity index (χ0) is 16.1. The molecule has 2 heterocycles. The van der Waals surface area contributed by atoms with Gasteiger partial charge in [0.25, 0.3) is 0 Å². The summed E-state index contributed by atoms with van der Waals surface area (Å²) in [6.07, 6.45) is 0. The third kappa shape index (κ3) is 1.80. The second kappa shape index (κ2) is 4.93. The molecule has 0 spiro atoms. The van der Waals surface area contributed by atoms with Crippen molar-refractivity contribution in [3.05, 3.63) is 78.4 Å². The van der Waals surface area contributed by atoms with Crippen LogP contribution in [-0.2, 0) is 0 Å². The second-order valence-corrected chi connectivity index (χ2v) is 6.19. The number of hydrogen-bond donors (Lipinski definition) is 1. The fraction of sp³-hybridized carbons (Fsp3) is 0.0455. The first-order chi connectivity index (χ1) is 11.8. The first kappa shape index (κ1) is 13.3. The molecule has 0 aliphatic heterocycles. The van der Waals surface area contributed by atoms with Gasteiger partial charge in [0.15, 0.2) is 0 Å². The van der Waals surface area contributed by atoms with Crippen LogP contribution in [0.15, 0.2) is 72.8 Å². The normalized spacial score (nSPS) is 11.5. The molecule has 0 amide bonds. The minimum Gasteiger partial charge on any atom is -0.354 e. The standard InChI is InChI=1S/C22H16N2/c1-14-15-8-2-5-11-18(15)24-22(14)21-16-9-3-6-12-19(16)23-20-13-7-4-10-17(20)21/h2-13,24H,1H3. The van der Waals surface area contributed by atoms with Crippen molar-refractivity contribution in [2.45, 2.75) is 6.92 Å². The van der Waals surface area contributed by atoms with Crippen molar-refractivity contribution in [3.63, 3.8) is 0 Å². The monoisotopic (exact) mass is 308 g/mol. The highest BCUT2D eigenvalue weighted by Crippen LogP contribution is 2.38. The average Bonchev–Trinajstić information content (AvgIpc) is 2.96. The van der Waals surface area contributed by atoms with E-state index in [2.05, 4.69) is 72.6 Å². The Labute approximate surface area is 139 Å². The summed E-state index contributed by atoms with van der Waals surface area (Å²) in [6, 6.07) is 25.2. The van der Waals surface area contributed by atoms with Gasteiger partial charge in [-0.15, -0.1) is 0 Å². The third-order valence-corrected chi connectivity index (χ3v) is 4.80. The van der Waals surface area contributed by atoms with Crippen molar-refractivity contribution >= 4 is 32.7 Å². The highest BCUT2D eigenvalue weighted by Gasteiger charge is 2.15. The van der Waals surface area contributed by atoms with Gasteiger partial charge in [-0.25, -0.2) is 4.98 Å². The Hall–Kier alpha value is -3.13. The molecule has 3 aromatic carbocycles. The van der Waals surface area contributed by atoms with Crippen LogP contribution in [0.5, 0.6) is 0 Å². The summed E-state index contributed by atoms with van der Waals surface area (Å²) >= 11 is 0. The van der Waals surface area contributed by atoms with Gasteiger partial charge in [-0.3, -0.25) is 0 Å². The Kier molecular flexibility index (Phi) is 2.74. The fourth-order valence-corrected chi connectivity index (χ4v) is 3.64. The van der Waals surface area contributed by atoms with Gasteiger partial charge >= 0.3 is 0 Å². The number of rotatable bonds is 1. The van der Waals surface area contributed by atoms with Gasteiger partial charge in [0.1, 0.15) is 0 Å². The van der Waals surface area contributed by atoms with Crippen LogP contribution in [0.2, 0.25) is 0 Å². The first-order valence-corrected chi connectivity index (χ1v) is 8.18. The molecule has 0 saturated carbocycles. The van der Waals surface area contributed by atoms with Crippen LogP contribution in [0.3, 0.4) is 0 Å². The molecule has 0 bridgehead atoms. The molecule has 1 N–H and O–H groups in total. The van der Waals surface area contributed by atoms with E-state index in [1.807, 2.05) is 12.1 Å². The summed E-state index contributed by atoms with van der Waals surface area (Å²) in [5, 5.41) is 3.65. The lowest BCUT2D eigenvalue weighted by Crippen LogP contribution is -1.90. The molecule has 0 aliphatic carbocycles. The number of pyridine rings is 1. The van der Waals surface area contributed by atoms with Gasteiger partial charge in [-0.1, -0.05) is 54.6 Å². The molecule has 24 heavy (non-hydrogen) atoms. The summed E-state index contributed by atoms with van der Waals surface area (Å²) in [5.74, 6) is 0. The molecule has 114 valence electrons. The summed E-state index contributed by atoms with van der Waals surface area (Å²) in [6.45, 7) is 2.19. The van der Waals surface area contributed by atoms with Crippen LogP contribution in [0.25, 0.3) is 44.0 Å². The van der Waals surface area contributed by atoms with Crippen molar-refractivity contribution in [2.75, 3.05) is 0 Å². The Morgan fingerprint density at radius 2 is 1.21 bits per heavy atom. The quantitative estimate of drug-likeness (QED) is 0.387. The zero-order valence-corrected chi connectivity index (χ0v) is 13.4. The minimum atomic E-state index is 1.03. The molecule has 0 atom stereocenters. The number of aryl methyl sites for hydroxylation is 1. The zero-order valence-electron chi connectivity index (χ0n) is 13.4.